The fourth-order valence-corrected chi connectivity index (χ4v) is 3.30. The number of hydrogen-bond acceptors (Lipinski definition) is 4. The third-order valence-corrected chi connectivity index (χ3v) is 4.91. The second-order valence-corrected chi connectivity index (χ2v) is 6.94. The van der Waals surface area contributed by atoms with Crippen LogP contribution >= 0.6 is 11.6 Å². The third kappa shape index (κ3) is 3.75. The summed E-state index contributed by atoms with van der Waals surface area (Å²) in [6.45, 7) is 0. The summed E-state index contributed by atoms with van der Waals surface area (Å²) in [6, 6.07) is 18.5. The second kappa shape index (κ2) is 7.48. The highest BCUT2D eigenvalue weighted by atomic mass is 35.5. The minimum Gasteiger partial charge on any atom is -0.451 e. The Bertz CT molecular complexity index is 1220. The Morgan fingerprint density at radius 3 is 2.69 bits per heavy atom. The van der Waals surface area contributed by atoms with E-state index in [1.54, 1.807) is 12.1 Å². The van der Waals surface area contributed by atoms with Crippen LogP contribution < -0.4 is 16.0 Å². The van der Waals surface area contributed by atoms with Gasteiger partial charge in [-0.15, -0.1) is 0 Å². The van der Waals surface area contributed by atoms with E-state index in [4.69, 9.17) is 21.8 Å². The van der Waals surface area contributed by atoms with Gasteiger partial charge in [0, 0.05) is 18.1 Å². The largest absolute Gasteiger partial charge is 0.451 e. The molecule has 1 aromatic heterocycles. The number of nitrogens with two attached hydrogens (primary N) is 1. The van der Waals surface area contributed by atoms with Gasteiger partial charge >= 0.3 is 0 Å². The zero-order chi connectivity index (χ0) is 20.5. The fourth-order valence-electron chi connectivity index (χ4n) is 3.03. The maximum Gasteiger partial charge on any atom is 0.291 e. The summed E-state index contributed by atoms with van der Waals surface area (Å²) in [5.74, 6) is -0.910. The molecule has 0 radical (unpaired) electrons. The van der Waals surface area contributed by atoms with Crippen molar-refractivity contribution in [3.8, 4) is 0 Å². The van der Waals surface area contributed by atoms with Crippen LogP contribution in [0.3, 0.4) is 0 Å². The first-order chi connectivity index (χ1) is 13.9. The number of nitrogens with one attached hydrogen (secondary N) is 1. The number of furan rings is 1. The van der Waals surface area contributed by atoms with Crippen molar-refractivity contribution in [1.82, 2.24) is 0 Å². The number of carbonyl (C=O) groups is 1. The van der Waals surface area contributed by atoms with Crippen LogP contribution in [0, 0.1) is 5.82 Å². The topological polar surface area (TPSA) is 71.5 Å². The van der Waals surface area contributed by atoms with Gasteiger partial charge in [0.15, 0.2) is 5.76 Å². The highest BCUT2D eigenvalue weighted by molar-refractivity contribution is 6.33. The molecule has 3 aromatic carbocycles. The maximum atomic E-state index is 13.4. The lowest BCUT2D eigenvalue weighted by molar-refractivity contribution is 0.0999. The number of amides is 1. The number of nitrogen functional groups attached to an aromatic ring is 1. The van der Waals surface area contributed by atoms with Gasteiger partial charge in [0.2, 0.25) is 0 Å². The minimum absolute atomic E-state index is 0.0983. The van der Waals surface area contributed by atoms with E-state index in [0.717, 1.165) is 22.8 Å². The number of benzene rings is 3. The Hall–Kier alpha value is -3.51. The molecule has 1 amide bonds. The van der Waals surface area contributed by atoms with Crippen LogP contribution in [0.1, 0.15) is 10.6 Å². The summed E-state index contributed by atoms with van der Waals surface area (Å²) in [5, 5.41) is 3.96. The van der Waals surface area contributed by atoms with E-state index in [1.807, 2.05) is 48.3 Å². The van der Waals surface area contributed by atoms with Gasteiger partial charge in [-0.1, -0.05) is 23.7 Å². The lowest BCUT2D eigenvalue weighted by Crippen LogP contribution is -2.12. The number of para-hydroxylation sites is 1. The van der Waals surface area contributed by atoms with Crippen molar-refractivity contribution >= 4 is 51.2 Å². The quantitative estimate of drug-likeness (QED) is 0.416. The van der Waals surface area contributed by atoms with E-state index in [-0.39, 0.29) is 17.1 Å². The van der Waals surface area contributed by atoms with Gasteiger partial charge in [0.05, 0.1) is 22.1 Å². The summed E-state index contributed by atoms with van der Waals surface area (Å²) in [4.78, 5) is 14.5. The molecule has 7 heteroatoms. The standard InChI is InChI=1S/C22H17ClFN3O2/c1-27(19-5-3-2-4-16(19)23)15-7-9-20-13(10-15)11-21(29-20)22(28)26-18-12-14(24)6-8-17(18)25/h2-12H,25H2,1H3,(H,26,28). The van der Waals surface area contributed by atoms with Gasteiger partial charge in [-0.05, 0) is 54.6 Å². The molecule has 0 unspecified atom stereocenters. The van der Waals surface area contributed by atoms with Crippen LogP contribution in [-0.4, -0.2) is 13.0 Å². The van der Waals surface area contributed by atoms with Gasteiger partial charge < -0.3 is 20.4 Å². The molecule has 5 nitrogen and oxygen atoms in total. The Morgan fingerprint density at radius 2 is 1.90 bits per heavy atom. The van der Waals surface area contributed by atoms with Crippen molar-refractivity contribution in [2.75, 3.05) is 23.0 Å². The Labute approximate surface area is 171 Å². The van der Waals surface area contributed by atoms with Gasteiger partial charge in [0.1, 0.15) is 11.4 Å². The molecule has 0 bridgehead atoms. The Morgan fingerprint density at radius 1 is 1.10 bits per heavy atom. The molecule has 0 atom stereocenters. The summed E-state index contributed by atoms with van der Waals surface area (Å²) in [7, 11) is 1.91. The summed E-state index contributed by atoms with van der Waals surface area (Å²) >= 11 is 6.28. The van der Waals surface area contributed by atoms with Crippen molar-refractivity contribution in [3.63, 3.8) is 0 Å². The van der Waals surface area contributed by atoms with Gasteiger partial charge in [-0.2, -0.15) is 0 Å². The van der Waals surface area contributed by atoms with Crippen molar-refractivity contribution in [2.45, 2.75) is 0 Å². The molecular formula is C22H17ClFN3O2. The van der Waals surface area contributed by atoms with E-state index in [9.17, 15) is 9.18 Å². The van der Waals surface area contributed by atoms with Crippen LogP contribution in [0.25, 0.3) is 11.0 Å². The number of rotatable bonds is 4. The average Bonchev–Trinajstić information content (AvgIpc) is 3.14. The monoisotopic (exact) mass is 409 g/mol. The number of halogens is 2. The first-order valence-corrected chi connectivity index (χ1v) is 9.18. The molecular weight excluding hydrogens is 393 g/mol. The molecule has 0 saturated heterocycles. The maximum absolute atomic E-state index is 13.4. The van der Waals surface area contributed by atoms with E-state index >= 15 is 0 Å². The summed E-state index contributed by atoms with van der Waals surface area (Å²) < 4.78 is 19.1. The van der Waals surface area contributed by atoms with Crippen LogP contribution in [0.5, 0.6) is 0 Å². The van der Waals surface area contributed by atoms with Gasteiger partial charge in [0.25, 0.3) is 5.91 Å². The van der Waals surface area contributed by atoms with E-state index in [1.165, 1.54) is 12.1 Å². The number of nitrogens with zero attached hydrogens (tertiary/aromatic N) is 1. The molecule has 3 N–H and O–H groups in total. The molecule has 0 aliphatic carbocycles. The normalized spacial score (nSPS) is 10.9. The number of anilines is 4. The summed E-state index contributed by atoms with van der Waals surface area (Å²) in [6.07, 6.45) is 0. The van der Waals surface area contributed by atoms with Gasteiger partial charge in [-0.25, -0.2) is 4.39 Å². The highest BCUT2D eigenvalue weighted by Gasteiger charge is 2.16. The van der Waals surface area contributed by atoms with Crippen LogP contribution in [0.4, 0.5) is 27.1 Å². The highest BCUT2D eigenvalue weighted by Crippen LogP contribution is 2.33. The smallest absolute Gasteiger partial charge is 0.291 e. The molecule has 0 aliphatic heterocycles. The molecule has 0 fully saturated rings. The van der Waals surface area contributed by atoms with Crippen molar-refractivity contribution < 1.29 is 13.6 Å². The molecule has 4 aromatic rings. The van der Waals surface area contributed by atoms with Crippen LogP contribution in [0.15, 0.2) is 71.1 Å². The average molecular weight is 410 g/mol. The zero-order valence-corrected chi connectivity index (χ0v) is 16.2. The van der Waals surface area contributed by atoms with Crippen molar-refractivity contribution in [2.24, 2.45) is 0 Å². The number of carbonyl (C=O) groups excluding carboxylic acids is 1. The van der Waals surface area contributed by atoms with Crippen LogP contribution in [-0.2, 0) is 0 Å². The first-order valence-electron chi connectivity index (χ1n) is 8.80. The molecule has 0 spiro atoms. The fraction of sp³-hybridized carbons (Fsp3) is 0.0455. The third-order valence-electron chi connectivity index (χ3n) is 4.59. The second-order valence-electron chi connectivity index (χ2n) is 6.53. The lowest BCUT2D eigenvalue weighted by Gasteiger charge is -2.20. The van der Waals surface area contributed by atoms with E-state index < -0.39 is 11.7 Å². The molecule has 1 heterocycles. The predicted octanol–water partition coefficient (Wildman–Crippen LogP) is 5.83. The number of fused-ring (bicyclic) bond motifs is 1. The van der Waals surface area contributed by atoms with Gasteiger partial charge in [-0.3, -0.25) is 4.79 Å². The molecule has 4 rings (SSSR count). The van der Waals surface area contributed by atoms with Crippen molar-refractivity contribution in [3.05, 3.63) is 83.3 Å². The Kier molecular flexibility index (Phi) is 4.86. The molecule has 0 saturated carbocycles. The molecule has 146 valence electrons. The molecule has 29 heavy (non-hydrogen) atoms. The van der Waals surface area contributed by atoms with E-state index in [2.05, 4.69) is 5.32 Å². The lowest BCUT2D eigenvalue weighted by atomic mass is 10.2. The Balaban J connectivity index is 1.62. The summed E-state index contributed by atoms with van der Waals surface area (Å²) in [5.41, 5.74) is 8.53. The first kappa shape index (κ1) is 18.8. The van der Waals surface area contributed by atoms with E-state index in [0.29, 0.717) is 10.6 Å². The SMILES string of the molecule is CN(c1ccc2oc(C(=O)Nc3cc(F)ccc3N)cc2c1)c1ccccc1Cl. The van der Waals surface area contributed by atoms with Crippen molar-refractivity contribution in [1.29, 1.82) is 0 Å². The zero-order valence-electron chi connectivity index (χ0n) is 15.4. The molecule has 0 aliphatic rings. The number of hydrogen-bond donors (Lipinski definition) is 2. The predicted molar refractivity (Wildman–Crippen MR) is 114 cm³/mol. The minimum atomic E-state index is -0.514. The van der Waals surface area contributed by atoms with Crippen LogP contribution in [0.2, 0.25) is 5.02 Å².